The first-order valence-electron chi connectivity index (χ1n) is 15.2. The Balaban J connectivity index is 1.51. The van der Waals surface area contributed by atoms with E-state index in [2.05, 4.69) is 10.6 Å². The normalized spacial score (nSPS) is 26.7. The number of amides is 4. The van der Waals surface area contributed by atoms with Gasteiger partial charge in [0.25, 0.3) is 5.91 Å². The molecule has 0 aromatic heterocycles. The zero-order valence-corrected chi connectivity index (χ0v) is 26.7. The van der Waals surface area contributed by atoms with E-state index in [4.69, 9.17) is 4.74 Å². The van der Waals surface area contributed by atoms with Crippen molar-refractivity contribution in [3.8, 4) is 0 Å². The maximum atomic E-state index is 13.7. The highest BCUT2D eigenvalue weighted by Gasteiger charge is 2.61. The van der Waals surface area contributed by atoms with Gasteiger partial charge in [0.1, 0.15) is 23.2 Å². The SMILES string of the molecule is CC(C)(C)OC(=O)N[C@H]1CCCCC/C=C\[C@@H]2C[C@@]2(C(=O)NS(=O)(=O)Nc2ccc(C(F)(F)F)cc2)NC(=O)[C@@H]2CCCN2C1=O. The van der Waals surface area contributed by atoms with Gasteiger partial charge in [-0.3, -0.25) is 19.1 Å². The summed E-state index contributed by atoms with van der Waals surface area (Å²) in [6, 6.07) is 1.32. The largest absolute Gasteiger partial charge is 0.444 e. The molecule has 4 N–H and O–H groups in total. The smallest absolute Gasteiger partial charge is 0.416 e. The lowest BCUT2D eigenvalue weighted by Crippen LogP contribution is -2.58. The van der Waals surface area contributed by atoms with Crippen molar-refractivity contribution in [2.45, 2.75) is 102 Å². The van der Waals surface area contributed by atoms with Crippen LogP contribution in [-0.4, -0.2) is 66.9 Å². The second-order valence-corrected chi connectivity index (χ2v) is 14.3. The molecule has 46 heavy (non-hydrogen) atoms. The van der Waals surface area contributed by atoms with E-state index in [1.54, 1.807) is 26.8 Å². The fourth-order valence-electron chi connectivity index (χ4n) is 5.66. The summed E-state index contributed by atoms with van der Waals surface area (Å²) in [5.41, 5.74) is -3.60. The predicted octanol–water partition coefficient (Wildman–Crippen LogP) is 3.76. The summed E-state index contributed by atoms with van der Waals surface area (Å²) in [7, 11) is -4.61. The van der Waals surface area contributed by atoms with Crippen LogP contribution in [0.25, 0.3) is 0 Å². The van der Waals surface area contributed by atoms with Crippen LogP contribution in [0.5, 0.6) is 0 Å². The highest BCUT2D eigenvalue weighted by molar-refractivity contribution is 7.91. The Hall–Kier alpha value is -3.82. The molecule has 254 valence electrons. The average molecular weight is 672 g/mol. The van der Waals surface area contributed by atoms with Gasteiger partial charge in [-0.2, -0.15) is 21.6 Å². The maximum Gasteiger partial charge on any atom is 0.416 e. The minimum Gasteiger partial charge on any atom is -0.444 e. The number of nitrogens with zero attached hydrogens (tertiary/aromatic N) is 1. The maximum absolute atomic E-state index is 13.7. The number of carbonyl (C=O) groups excluding carboxylic acids is 4. The Bertz CT molecular complexity index is 1460. The summed E-state index contributed by atoms with van der Waals surface area (Å²) in [5.74, 6) is -2.66. The molecule has 2 heterocycles. The van der Waals surface area contributed by atoms with Gasteiger partial charge < -0.3 is 20.3 Å². The molecule has 4 rings (SSSR count). The van der Waals surface area contributed by atoms with Gasteiger partial charge in [-0.1, -0.05) is 25.0 Å². The topological polar surface area (TPSA) is 163 Å². The number of hydrogen-bond acceptors (Lipinski definition) is 7. The summed E-state index contributed by atoms with van der Waals surface area (Å²) in [6.45, 7) is 5.35. The van der Waals surface area contributed by atoms with Crippen molar-refractivity contribution in [2.24, 2.45) is 5.92 Å². The molecule has 2 fully saturated rings. The van der Waals surface area contributed by atoms with Crippen LogP contribution in [0.4, 0.5) is 23.7 Å². The Morgan fingerprint density at radius 3 is 2.37 bits per heavy atom. The number of alkyl halides is 3. The van der Waals surface area contributed by atoms with Gasteiger partial charge in [-0.05, 0) is 83.6 Å². The first-order chi connectivity index (χ1) is 21.4. The third-order valence-electron chi connectivity index (χ3n) is 8.02. The van der Waals surface area contributed by atoms with Gasteiger partial charge in [-0.15, -0.1) is 0 Å². The van der Waals surface area contributed by atoms with Gasteiger partial charge in [0, 0.05) is 12.5 Å². The van der Waals surface area contributed by atoms with E-state index in [1.807, 2.05) is 15.5 Å². The predicted molar refractivity (Wildman–Crippen MR) is 161 cm³/mol. The van der Waals surface area contributed by atoms with E-state index in [1.165, 1.54) is 4.90 Å². The van der Waals surface area contributed by atoms with Gasteiger partial charge in [0.2, 0.25) is 11.8 Å². The third-order valence-corrected chi connectivity index (χ3v) is 8.98. The van der Waals surface area contributed by atoms with Gasteiger partial charge in [0.05, 0.1) is 11.3 Å². The fourth-order valence-corrected chi connectivity index (χ4v) is 6.59. The van der Waals surface area contributed by atoms with Crippen molar-refractivity contribution in [3.63, 3.8) is 0 Å². The molecule has 2 aliphatic heterocycles. The monoisotopic (exact) mass is 671 g/mol. The van der Waals surface area contributed by atoms with E-state index in [0.717, 1.165) is 25.0 Å². The number of anilines is 1. The molecule has 4 atom stereocenters. The van der Waals surface area contributed by atoms with E-state index in [-0.39, 0.29) is 18.7 Å². The van der Waals surface area contributed by atoms with Crippen molar-refractivity contribution in [1.29, 1.82) is 0 Å². The van der Waals surface area contributed by atoms with Crippen LogP contribution in [0.15, 0.2) is 36.4 Å². The molecule has 0 bridgehead atoms. The fraction of sp³-hybridized carbons (Fsp3) is 0.600. The molecule has 0 spiro atoms. The molecular weight excluding hydrogens is 631 g/mol. The number of alkyl carbamates (subject to hydrolysis) is 1. The number of allylic oxidation sites excluding steroid dienone is 1. The van der Waals surface area contributed by atoms with Crippen molar-refractivity contribution in [2.75, 3.05) is 11.3 Å². The molecule has 0 radical (unpaired) electrons. The first-order valence-corrected chi connectivity index (χ1v) is 16.7. The molecule has 1 aromatic carbocycles. The Morgan fingerprint density at radius 2 is 1.72 bits per heavy atom. The number of benzene rings is 1. The molecule has 4 amide bonds. The molecular formula is C30H40F3N5O7S. The molecule has 3 aliphatic rings. The van der Waals surface area contributed by atoms with Gasteiger partial charge in [-0.25, -0.2) is 9.52 Å². The second kappa shape index (κ2) is 13.5. The number of ether oxygens (including phenoxy) is 1. The van der Waals surface area contributed by atoms with Crippen molar-refractivity contribution in [1.82, 2.24) is 20.3 Å². The molecule has 12 nitrogen and oxygen atoms in total. The molecule has 1 aliphatic carbocycles. The van der Waals surface area contributed by atoms with Crippen molar-refractivity contribution >= 4 is 39.7 Å². The third kappa shape index (κ3) is 8.91. The Morgan fingerprint density at radius 1 is 1.02 bits per heavy atom. The van der Waals surface area contributed by atoms with Crippen LogP contribution < -0.4 is 20.1 Å². The van der Waals surface area contributed by atoms with Crippen LogP contribution in [0.1, 0.15) is 77.7 Å². The highest BCUT2D eigenvalue weighted by atomic mass is 32.2. The van der Waals surface area contributed by atoms with E-state index >= 15 is 0 Å². The average Bonchev–Trinajstić information content (AvgIpc) is 3.39. The quantitative estimate of drug-likeness (QED) is 0.347. The van der Waals surface area contributed by atoms with Crippen LogP contribution in [0.3, 0.4) is 0 Å². The minimum atomic E-state index is -4.61. The lowest BCUT2D eigenvalue weighted by atomic mass is 10.0. The van der Waals surface area contributed by atoms with Gasteiger partial charge in [0.15, 0.2) is 0 Å². The summed E-state index contributed by atoms with van der Waals surface area (Å²) < 4.78 is 73.6. The molecule has 0 unspecified atom stereocenters. The molecule has 16 heteroatoms. The minimum absolute atomic E-state index is 0.0976. The number of halogens is 3. The zero-order valence-electron chi connectivity index (χ0n) is 25.9. The van der Waals surface area contributed by atoms with Gasteiger partial charge >= 0.3 is 22.5 Å². The molecule has 1 saturated carbocycles. The van der Waals surface area contributed by atoms with E-state index in [0.29, 0.717) is 44.2 Å². The summed E-state index contributed by atoms with van der Waals surface area (Å²) in [6.07, 6.45) is 2.21. The van der Waals surface area contributed by atoms with Crippen LogP contribution >= 0.6 is 0 Å². The number of hydrogen-bond donors (Lipinski definition) is 4. The lowest BCUT2D eigenvalue weighted by Gasteiger charge is -2.30. The Labute approximate surface area is 266 Å². The van der Waals surface area contributed by atoms with Crippen LogP contribution in [-0.2, 0) is 35.5 Å². The lowest BCUT2D eigenvalue weighted by molar-refractivity contribution is -0.141. The van der Waals surface area contributed by atoms with E-state index < -0.39 is 74.9 Å². The molecule has 1 aromatic rings. The number of carbonyl (C=O) groups is 4. The summed E-state index contributed by atoms with van der Waals surface area (Å²) in [5, 5.41) is 5.35. The number of fused-ring (bicyclic) bond motifs is 2. The van der Waals surface area contributed by atoms with E-state index in [9.17, 15) is 40.8 Å². The summed E-state index contributed by atoms with van der Waals surface area (Å²) in [4.78, 5) is 54.7. The highest BCUT2D eigenvalue weighted by Crippen LogP contribution is 2.45. The second-order valence-electron chi connectivity index (χ2n) is 12.8. The number of nitrogens with one attached hydrogen (secondary N) is 4. The van der Waals surface area contributed by atoms with Crippen LogP contribution in [0.2, 0.25) is 0 Å². The summed E-state index contributed by atoms with van der Waals surface area (Å²) >= 11 is 0. The standard InChI is InChI=1S/C30H40F3N5O7S/c1-28(2,3)45-27(42)34-22-11-8-6-4-5-7-10-20-18-29(20,35-24(39)23-12-9-17-38(23)25(22)40)26(41)37-46(43,44)36-21-15-13-19(14-16-21)30(31,32)33/h7,10,13-16,20,22-23,36H,4-6,8-9,11-12,17-18H2,1-3H3,(H,34,42)(H,35,39)(H,37,41)/b10-7-/t20-,22+,23+,29-/m1/s1. The Kier molecular flexibility index (Phi) is 10.3. The van der Waals surface area contributed by atoms with Crippen molar-refractivity contribution < 1.29 is 45.5 Å². The zero-order chi connectivity index (χ0) is 33.9. The number of rotatable bonds is 5. The first kappa shape index (κ1) is 35.0. The molecule has 1 saturated heterocycles. The van der Waals surface area contributed by atoms with Crippen molar-refractivity contribution in [3.05, 3.63) is 42.0 Å². The van der Waals surface area contributed by atoms with Crippen LogP contribution in [0, 0.1) is 5.92 Å².